The number of carbonyl (C=O) groups is 1. The molecule has 0 saturated carbocycles. The van der Waals surface area contributed by atoms with E-state index in [4.69, 9.17) is 9.47 Å². The van der Waals surface area contributed by atoms with Gasteiger partial charge in [-0.25, -0.2) is 0 Å². The van der Waals surface area contributed by atoms with Crippen molar-refractivity contribution in [1.82, 2.24) is 5.32 Å². The van der Waals surface area contributed by atoms with Crippen LogP contribution in [0.25, 0.3) is 0 Å². The normalized spacial score (nSPS) is 12.3. The summed E-state index contributed by atoms with van der Waals surface area (Å²) < 4.78 is 10.9. The van der Waals surface area contributed by atoms with Gasteiger partial charge in [-0.3, -0.25) is 25.0 Å². The molecule has 0 fully saturated rings. The number of hydrogen-bond donors (Lipinski definition) is 1. The first-order valence-corrected chi connectivity index (χ1v) is 7.54. The standard InChI is InChI=1S/C16H13N3O7/c20-16(11-6-12(18(21)22)8-13(7-11)19(23)24)17-9-10-1-2-14-15(5-10)26-4-3-25-14/h1-2,5-8H,3-4,9H2,(H,17,20). The lowest BCUT2D eigenvalue weighted by Gasteiger charge is -2.19. The molecule has 26 heavy (non-hydrogen) atoms. The molecule has 1 aliphatic heterocycles. The minimum atomic E-state index is -0.787. The van der Waals surface area contributed by atoms with Gasteiger partial charge < -0.3 is 14.8 Å². The smallest absolute Gasteiger partial charge is 0.277 e. The zero-order valence-corrected chi connectivity index (χ0v) is 13.3. The molecule has 0 aliphatic carbocycles. The minimum Gasteiger partial charge on any atom is -0.486 e. The molecule has 0 radical (unpaired) electrons. The number of fused-ring (bicyclic) bond motifs is 1. The van der Waals surface area contributed by atoms with Crippen LogP contribution in [0.4, 0.5) is 11.4 Å². The van der Waals surface area contributed by atoms with Gasteiger partial charge in [-0.05, 0) is 17.7 Å². The Balaban J connectivity index is 1.75. The fourth-order valence-electron chi connectivity index (χ4n) is 2.42. The summed E-state index contributed by atoms with van der Waals surface area (Å²) in [5, 5.41) is 24.4. The third-order valence-electron chi connectivity index (χ3n) is 3.65. The van der Waals surface area contributed by atoms with Crippen molar-refractivity contribution in [3.63, 3.8) is 0 Å². The maximum atomic E-state index is 12.2. The highest BCUT2D eigenvalue weighted by Crippen LogP contribution is 2.30. The van der Waals surface area contributed by atoms with Gasteiger partial charge in [0.1, 0.15) is 13.2 Å². The Hall–Kier alpha value is -3.69. The molecule has 10 heteroatoms. The summed E-state index contributed by atoms with van der Waals surface area (Å²) >= 11 is 0. The maximum Gasteiger partial charge on any atom is 0.277 e. The van der Waals surface area contributed by atoms with E-state index >= 15 is 0 Å². The van der Waals surface area contributed by atoms with E-state index in [2.05, 4.69) is 5.32 Å². The number of rotatable bonds is 5. The van der Waals surface area contributed by atoms with Crippen molar-refractivity contribution in [2.75, 3.05) is 13.2 Å². The van der Waals surface area contributed by atoms with Gasteiger partial charge in [-0.2, -0.15) is 0 Å². The molecule has 0 saturated heterocycles. The average molecular weight is 359 g/mol. The predicted molar refractivity (Wildman–Crippen MR) is 88.4 cm³/mol. The number of nitro groups is 2. The second-order valence-corrected chi connectivity index (χ2v) is 5.41. The maximum absolute atomic E-state index is 12.2. The van der Waals surface area contributed by atoms with Crippen LogP contribution in [-0.2, 0) is 6.54 Å². The van der Waals surface area contributed by atoms with Gasteiger partial charge >= 0.3 is 0 Å². The van der Waals surface area contributed by atoms with Crippen LogP contribution in [0.3, 0.4) is 0 Å². The summed E-state index contributed by atoms with van der Waals surface area (Å²) in [6.07, 6.45) is 0. The third-order valence-corrected chi connectivity index (χ3v) is 3.65. The van der Waals surface area contributed by atoms with E-state index in [1.165, 1.54) is 0 Å². The van der Waals surface area contributed by atoms with E-state index in [1.807, 2.05) is 0 Å². The number of nitrogens with one attached hydrogen (secondary N) is 1. The number of amides is 1. The lowest BCUT2D eigenvalue weighted by Crippen LogP contribution is -2.23. The van der Waals surface area contributed by atoms with Gasteiger partial charge in [0.15, 0.2) is 11.5 Å². The van der Waals surface area contributed by atoms with Crippen LogP contribution < -0.4 is 14.8 Å². The molecule has 1 heterocycles. The highest BCUT2D eigenvalue weighted by atomic mass is 16.6. The number of hydrogen-bond acceptors (Lipinski definition) is 7. The largest absolute Gasteiger partial charge is 0.486 e. The Labute approximate surface area is 146 Å². The second-order valence-electron chi connectivity index (χ2n) is 5.41. The summed E-state index contributed by atoms with van der Waals surface area (Å²) in [5.41, 5.74) is -0.488. The summed E-state index contributed by atoms with van der Waals surface area (Å²) in [4.78, 5) is 32.5. The van der Waals surface area contributed by atoms with E-state index in [9.17, 15) is 25.0 Å². The van der Waals surface area contributed by atoms with Crippen molar-refractivity contribution in [2.24, 2.45) is 0 Å². The monoisotopic (exact) mass is 359 g/mol. The summed E-state index contributed by atoms with van der Waals surface area (Å²) in [5.74, 6) is 0.515. The molecule has 0 aromatic heterocycles. The van der Waals surface area contributed by atoms with Gasteiger partial charge in [0.05, 0.1) is 21.5 Å². The van der Waals surface area contributed by atoms with Crippen LogP contribution in [0, 0.1) is 20.2 Å². The average Bonchev–Trinajstić information content (AvgIpc) is 2.65. The van der Waals surface area contributed by atoms with E-state index < -0.39 is 27.1 Å². The van der Waals surface area contributed by atoms with Gasteiger partial charge in [0.25, 0.3) is 17.3 Å². The number of nitro benzene ring substituents is 2. The van der Waals surface area contributed by atoms with Gasteiger partial charge in [-0.15, -0.1) is 0 Å². The van der Waals surface area contributed by atoms with Crippen LogP contribution in [-0.4, -0.2) is 29.0 Å². The van der Waals surface area contributed by atoms with Crippen molar-refractivity contribution in [1.29, 1.82) is 0 Å². The molecule has 0 spiro atoms. The molecular formula is C16H13N3O7. The van der Waals surface area contributed by atoms with Gasteiger partial charge in [-0.1, -0.05) is 6.07 Å². The van der Waals surface area contributed by atoms with E-state index in [0.29, 0.717) is 24.7 Å². The summed E-state index contributed by atoms with van der Waals surface area (Å²) in [7, 11) is 0. The van der Waals surface area contributed by atoms with E-state index in [-0.39, 0.29) is 12.1 Å². The Morgan fingerprint density at radius 3 is 2.19 bits per heavy atom. The van der Waals surface area contributed by atoms with Crippen molar-refractivity contribution in [3.05, 3.63) is 67.8 Å². The van der Waals surface area contributed by atoms with Crippen LogP contribution in [0.5, 0.6) is 11.5 Å². The van der Waals surface area contributed by atoms with Crippen molar-refractivity contribution >= 4 is 17.3 Å². The van der Waals surface area contributed by atoms with Gasteiger partial charge in [0.2, 0.25) is 0 Å². The first-order valence-electron chi connectivity index (χ1n) is 7.54. The highest BCUT2D eigenvalue weighted by Gasteiger charge is 2.20. The Morgan fingerprint density at radius 2 is 1.58 bits per heavy atom. The van der Waals surface area contributed by atoms with Gasteiger partial charge in [0, 0.05) is 18.7 Å². The lowest BCUT2D eigenvalue weighted by molar-refractivity contribution is -0.394. The Kier molecular flexibility index (Phi) is 4.65. The molecule has 2 aromatic carbocycles. The SMILES string of the molecule is O=C(NCc1ccc2c(c1)OCCO2)c1cc([N+](=O)[O-])cc([N+](=O)[O-])c1. The van der Waals surface area contributed by atoms with Crippen LogP contribution in [0.15, 0.2) is 36.4 Å². The zero-order chi connectivity index (χ0) is 18.7. The van der Waals surface area contributed by atoms with Crippen LogP contribution in [0.2, 0.25) is 0 Å². The number of ether oxygens (including phenoxy) is 2. The molecular weight excluding hydrogens is 346 g/mol. The first-order chi connectivity index (χ1) is 12.4. The third kappa shape index (κ3) is 3.69. The molecule has 10 nitrogen and oxygen atoms in total. The predicted octanol–water partition coefficient (Wildman–Crippen LogP) is 2.20. The quantitative estimate of drug-likeness (QED) is 0.639. The van der Waals surface area contributed by atoms with Crippen LogP contribution >= 0.6 is 0 Å². The first kappa shape index (κ1) is 17.1. The molecule has 1 aliphatic rings. The molecule has 0 bridgehead atoms. The molecule has 1 amide bonds. The number of benzene rings is 2. The fraction of sp³-hybridized carbons (Fsp3) is 0.188. The Morgan fingerprint density at radius 1 is 0.962 bits per heavy atom. The molecule has 1 N–H and O–H groups in total. The van der Waals surface area contributed by atoms with E-state index in [1.54, 1.807) is 18.2 Å². The highest BCUT2D eigenvalue weighted by molar-refractivity contribution is 5.95. The topological polar surface area (TPSA) is 134 Å². The van der Waals surface area contributed by atoms with E-state index in [0.717, 1.165) is 23.8 Å². The summed E-state index contributed by atoms with van der Waals surface area (Å²) in [6, 6.07) is 7.96. The second kappa shape index (κ2) is 7.05. The fourth-order valence-corrected chi connectivity index (χ4v) is 2.42. The molecule has 0 unspecified atom stereocenters. The van der Waals surface area contributed by atoms with Crippen molar-refractivity contribution in [2.45, 2.75) is 6.54 Å². The molecule has 3 rings (SSSR count). The van der Waals surface area contributed by atoms with Crippen molar-refractivity contribution in [3.8, 4) is 11.5 Å². The number of carbonyl (C=O) groups excluding carboxylic acids is 1. The molecule has 134 valence electrons. The number of nitrogens with zero attached hydrogens (tertiary/aromatic N) is 2. The molecule has 2 aromatic rings. The zero-order valence-electron chi connectivity index (χ0n) is 13.3. The Bertz CT molecular complexity index is 865. The lowest BCUT2D eigenvalue weighted by atomic mass is 10.1. The molecule has 0 atom stereocenters. The summed E-state index contributed by atoms with van der Waals surface area (Å²) in [6.45, 7) is 1.01. The van der Waals surface area contributed by atoms with Crippen LogP contribution in [0.1, 0.15) is 15.9 Å². The van der Waals surface area contributed by atoms with Crippen molar-refractivity contribution < 1.29 is 24.1 Å². The minimum absolute atomic E-state index is 0.117. The number of non-ortho nitro benzene ring substituents is 2.